The zero-order valence-corrected chi connectivity index (χ0v) is 11.9. The highest BCUT2D eigenvalue weighted by Gasteiger charge is 2.28. The predicted octanol–water partition coefficient (Wildman–Crippen LogP) is 3.26. The van der Waals surface area contributed by atoms with E-state index in [0.717, 1.165) is 0 Å². The van der Waals surface area contributed by atoms with Gasteiger partial charge in [-0.25, -0.2) is 0 Å². The fraction of sp³-hybridized carbons (Fsp3) is 0.462. The summed E-state index contributed by atoms with van der Waals surface area (Å²) in [7, 11) is 0. The van der Waals surface area contributed by atoms with Gasteiger partial charge in [0.25, 0.3) is 0 Å². The summed E-state index contributed by atoms with van der Waals surface area (Å²) in [6.45, 7) is 2.04. The summed E-state index contributed by atoms with van der Waals surface area (Å²) >= 11 is 0.652. The highest BCUT2D eigenvalue weighted by molar-refractivity contribution is 7.99. The summed E-state index contributed by atoms with van der Waals surface area (Å²) in [6.07, 6.45) is -3.66. The third kappa shape index (κ3) is 5.42. The molecule has 0 bridgehead atoms. The Bertz CT molecular complexity index is 447. The largest absolute Gasteiger partial charge is 0.398 e. The molecule has 0 aliphatic heterocycles. The van der Waals surface area contributed by atoms with Crippen molar-refractivity contribution in [3.8, 4) is 0 Å². The van der Waals surface area contributed by atoms with Crippen molar-refractivity contribution in [1.29, 1.82) is 0 Å². The van der Waals surface area contributed by atoms with Gasteiger partial charge in [-0.2, -0.15) is 13.2 Å². The van der Waals surface area contributed by atoms with Crippen LogP contribution in [0.15, 0.2) is 29.2 Å². The van der Waals surface area contributed by atoms with Crippen molar-refractivity contribution in [2.24, 2.45) is 11.7 Å². The van der Waals surface area contributed by atoms with Gasteiger partial charge in [-0.1, -0.05) is 19.1 Å². The van der Waals surface area contributed by atoms with Crippen LogP contribution in [-0.4, -0.2) is 24.4 Å². The number of halogens is 3. The Morgan fingerprint density at radius 2 is 2.05 bits per heavy atom. The molecule has 1 amide bonds. The van der Waals surface area contributed by atoms with Crippen molar-refractivity contribution >= 4 is 23.4 Å². The van der Waals surface area contributed by atoms with Crippen molar-refractivity contribution in [3.05, 3.63) is 24.3 Å². The highest BCUT2D eigenvalue weighted by atomic mass is 32.2. The Kier molecular flexibility index (Phi) is 6.35. The smallest absolute Gasteiger partial charge is 0.330 e. The molecule has 20 heavy (non-hydrogen) atoms. The number of hydrogen-bond donors (Lipinski definition) is 2. The van der Waals surface area contributed by atoms with Gasteiger partial charge in [-0.3, -0.25) is 4.79 Å². The summed E-state index contributed by atoms with van der Waals surface area (Å²) in [5.41, 5.74) is 5.86. The van der Waals surface area contributed by atoms with Gasteiger partial charge < -0.3 is 11.1 Å². The van der Waals surface area contributed by atoms with Gasteiger partial charge >= 0.3 is 6.18 Å². The molecule has 3 N–H and O–H groups in total. The number of hydrogen-bond acceptors (Lipinski definition) is 3. The van der Waals surface area contributed by atoms with Crippen LogP contribution in [0.5, 0.6) is 0 Å². The SMILES string of the molecule is CCC(CN)C(=O)Nc1ccccc1SCC(F)(F)F. The van der Waals surface area contributed by atoms with E-state index in [1.807, 2.05) is 6.92 Å². The van der Waals surface area contributed by atoms with Gasteiger partial charge in [-0.15, -0.1) is 11.8 Å². The van der Waals surface area contributed by atoms with Crippen LogP contribution in [0.1, 0.15) is 13.3 Å². The molecule has 0 saturated heterocycles. The second kappa shape index (κ2) is 7.54. The Balaban J connectivity index is 2.77. The lowest BCUT2D eigenvalue weighted by Crippen LogP contribution is -2.28. The number of amides is 1. The van der Waals surface area contributed by atoms with Crippen molar-refractivity contribution in [2.75, 3.05) is 17.6 Å². The van der Waals surface area contributed by atoms with Crippen LogP contribution in [0.3, 0.4) is 0 Å². The molecule has 0 heterocycles. The Hall–Kier alpha value is -1.21. The number of rotatable bonds is 6. The van der Waals surface area contributed by atoms with Gasteiger partial charge in [0, 0.05) is 11.4 Å². The summed E-state index contributed by atoms with van der Waals surface area (Å²) in [5.74, 6) is -1.60. The second-order valence-corrected chi connectivity index (χ2v) is 5.25. The lowest BCUT2D eigenvalue weighted by molar-refractivity contribution is -0.119. The number of para-hydroxylation sites is 1. The first kappa shape index (κ1) is 16.8. The number of alkyl halides is 3. The van der Waals surface area contributed by atoms with Crippen molar-refractivity contribution in [1.82, 2.24) is 0 Å². The fourth-order valence-corrected chi connectivity index (χ4v) is 2.32. The zero-order valence-electron chi connectivity index (χ0n) is 11.0. The van der Waals surface area contributed by atoms with Crippen molar-refractivity contribution in [3.63, 3.8) is 0 Å². The molecule has 0 saturated carbocycles. The molecule has 7 heteroatoms. The van der Waals surface area contributed by atoms with Crippen molar-refractivity contribution < 1.29 is 18.0 Å². The predicted molar refractivity (Wildman–Crippen MR) is 74.7 cm³/mol. The Labute approximate surface area is 120 Å². The molecule has 0 aliphatic carbocycles. The molecular formula is C13H17F3N2OS. The number of thioether (sulfide) groups is 1. The molecule has 1 unspecified atom stereocenters. The minimum atomic E-state index is -4.25. The molecule has 0 aromatic heterocycles. The van der Waals surface area contributed by atoms with E-state index < -0.39 is 11.9 Å². The molecule has 1 aromatic carbocycles. The number of nitrogens with two attached hydrogens (primary N) is 1. The summed E-state index contributed by atoms with van der Waals surface area (Å²) < 4.78 is 36.7. The molecule has 1 aromatic rings. The lowest BCUT2D eigenvalue weighted by atomic mass is 10.1. The number of carbonyl (C=O) groups is 1. The maximum Gasteiger partial charge on any atom is 0.398 e. The molecule has 0 radical (unpaired) electrons. The van der Waals surface area contributed by atoms with Crippen molar-refractivity contribution in [2.45, 2.75) is 24.4 Å². The van der Waals surface area contributed by atoms with E-state index in [9.17, 15) is 18.0 Å². The third-order valence-electron chi connectivity index (χ3n) is 2.68. The van der Waals surface area contributed by atoms with E-state index in [0.29, 0.717) is 28.8 Å². The molecule has 3 nitrogen and oxygen atoms in total. The number of nitrogens with one attached hydrogen (secondary N) is 1. The Morgan fingerprint density at radius 3 is 2.60 bits per heavy atom. The summed E-state index contributed by atoms with van der Waals surface area (Å²) in [4.78, 5) is 12.3. The van der Waals surface area contributed by atoms with Crippen LogP contribution in [0, 0.1) is 5.92 Å². The van der Waals surface area contributed by atoms with Gasteiger partial charge in [0.05, 0.1) is 17.4 Å². The van der Waals surface area contributed by atoms with Crippen LogP contribution in [-0.2, 0) is 4.79 Å². The number of carbonyl (C=O) groups excluding carboxylic acids is 1. The maximum atomic E-state index is 12.2. The molecule has 0 spiro atoms. The molecule has 0 aliphatic rings. The molecule has 1 atom stereocenters. The minimum Gasteiger partial charge on any atom is -0.330 e. The topological polar surface area (TPSA) is 55.1 Å². The first-order valence-electron chi connectivity index (χ1n) is 6.17. The van der Waals surface area contributed by atoms with E-state index in [1.165, 1.54) is 0 Å². The standard InChI is InChI=1S/C13H17F3N2OS/c1-2-9(7-17)12(19)18-10-5-3-4-6-11(10)20-8-13(14,15)16/h3-6,9H,2,7-8,17H2,1H3,(H,18,19). The fourth-order valence-electron chi connectivity index (χ4n) is 1.55. The van der Waals surface area contributed by atoms with Crippen LogP contribution >= 0.6 is 11.8 Å². The third-order valence-corrected chi connectivity index (χ3v) is 3.82. The summed E-state index contributed by atoms with van der Waals surface area (Å²) in [6, 6.07) is 6.43. The van der Waals surface area contributed by atoms with Gasteiger partial charge in [0.2, 0.25) is 5.91 Å². The lowest BCUT2D eigenvalue weighted by Gasteiger charge is -2.15. The average Bonchev–Trinajstić information content (AvgIpc) is 2.38. The van der Waals surface area contributed by atoms with E-state index in [1.54, 1.807) is 24.3 Å². The molecule has 0 fully saturated rings. The van der Waals surface area contributed by atoms with Gasteiger partial charge in [-0.05, 0) is 18.6 Å². The van der Waals surface area contributed by atoms with Gasteiger partial charge in [0.1, 0.15) is 0 Å². The van der Waals surface area contributed by atoms with Crippen LogP contribution in [0.4, 0.5) is 18.9 Å². The minimum absolute atomic E-state index is 0.209. The monoisotopic (exact) mass is 306 g/mol. The first-order chi connectivity index (χ1) is 9.37. The molecule has 1 rings (SSSR count). The van der Waals surface area contributed by atoms with E-state index >= 15 is 0 Å². The zero-order chi connectivity index (χ0) is 15.2. The van der Waals surface area contributed by atoms with E-state index in [2.05, 4.69) is 5.32 Å². The first-order valence-corrected chi connectivity index (χ1v) is 7.15. The second-order valence-electron chi connectivity index (χ2n) is 4.23. The quantitative estimate of drug-likeness (QED) is 0.793. The maximum absolute atomic E-state index is 12.2. The van der Waals surface area contributed by atoms with E-state index in [-0.39, 0.29) is 18.4 Å². The van der Waals surface area contributed by atoms with Crippen LogP contribution in [0.25, 0.3) is 0 Å². The average molecular weight is 306 g/mol. The Morgan fingerprint density at radius 1 is 1.40 bits per heavy atom. The van der Waals surface area contributed by atoms with Gasteiger partial charge in [0.15, 0.2) is 0 Å². The van der Waals surface area contributed by atoms with Crippen LogP contribution < -0.4 is 11.1 Å². The number of anilines is 1. The number of benzene rings is 1. The van der Waals surface area contributed by atoms with E-state index in [4.69, 9.17) is 5.73 Å². The molecular weight excluding hydrogens is 289 g/mol. The highest BCUT2D eigenvalue weighted by Crippen LogP contribution is 2.32. The molecule has 112 valence electrons. The normalized spacial score (nSPS) is 13.1. The summed E-state index contributed by atoms with van der Waals surface area (Å²) in [5, 5.41) is 2.64. The van der Waals surface area contributed by atoms with Crippen LogP contribution in [0.2, 0.25) is 0 Å².